The number of hydrogen-bond donors (Lipinski definition) is 0. The number of carbonyl (C=O) groups is 1. The van der Waals surface area contributed by atoms with Gasteiger partial charge in [-0.05, 0) is 0 Å². The quantitative estimate of drug-likeness (QED) is 0.142. The second kappa shape index (κ2) is 10.9. The zero-order valence-corrected chi connectivity index (χ0v) is 24.8. The fraction of sp³-hybridized carbons (Fsp3) is 0.0750. The van der Waals surface area contributed by atoms with Crippen LogP contribution in [0.25, 0.3) is 0 Å². The van der Waals surface area contributed by atoms with E-state index in [0.29, 0.717) is 11.7 Å². The fourth-order valence-electron chi connectivity index (χ4n) is 7.15. The van der Waals surface area contributed by atoms with Gasteiger partial charge in [-0.3, -0.25) is 0 Å². The maximum atomic E-state index is 15.4. The van der Waals surface area contributed by atoms with E-state index in [2.05, 4.69) is 127 Å². The molecular formula is C40H33O2P. The van der Waals surface area contributed by atoms with Crippen molar-refractivity contribution in [3.63, 3.8) is 0 Å². The second-order valence-corrected chi connectivity index (χ2v) is 15.8. The summed E-state index contributed by atoms with van der Waals surface area (Å²) >= 11 is 0. The third-order valence-corrected chi connectivity index (χ3v) is 15.0. The first-order valence-electron chi connectivity index (χ1n) is 14.8. The van der Waals surface area contributed by atoms with Crippen LogP contribution in [0.3, 0.4) is 0 Å². The summed E-state index contributed by atoms with van der Waals surface area (Å²) in [4.78, 5) is 15.4. The van der Waals surface area contributed by atoms with Gasteiger partial charge in [-0.2, -0.15) is 0 Å². The Morgan fingerprint density at radius 2 is 0.884 bits per heavy atom. The molecule has 1 aliphatic heterocycles. The molecule has 0 unspecified atom stereocenters. The van der Waals surface area contributed by atoms with Gasteiger partial charge in [-0.15, -0.1) is 0 Å². The molecule has 0 amide bonds. The Morgan fingerprint density at radius 3 is 1.33 bits per heavy atom. The third kappa shape index (κ3) is 4.13. The van der Waals surface area contributed by atoms with Crippen molar-refractivity contribution in [3.05, 3.63) is 199 Å². The first-order chi connectivity index (χ1) is 21.2. The standard InChI is InChI=1S/C40H33O2P/c41-39(33-21-9-2-10-22-33)40(34-23-11-3-12-24-34)38(32-19-7-1-8-20-32)31-43(42-40,35-25-13-4-14-26-35,36-27-15-5-16-28-36)37-29-17-6-18-30-37/h1-30,38H,31H2/t38-,40-/m0/s1. The Labute approximate surface area is 253 Å². The number of Topliss-reactive ketones (excluding diaryl/α,β-unsaturated/α-hetero) is 1. The van der Waals surface area contributed by atoms with Crippen LogP contribution < -0.4 is 15.9 Å². The van der Waals surface area contributed by atoms with Gasteiger partial charge in [0.2, 0.25) is 0 Å². The minimum atomic E-state index is -3.83. The van der Waals surface area contributed by atoms with Gasteiger partial charge in [0.25, 0.3) is 0 Å². The zero-order chi connectivity index (χ0) is 29.2. The van der Waals surface area contributed by atoms with Gasteiger partial charge in [0.15, 0.2) is 0 Å². The molecular weight excluding hydrogens is 543 g/mol. The molecule has 6 aromatic carbocycles. The van der Waals surface area contributed by atoms with E-state index in [0.717, 1.165) is 27.0 Å². The van der Waals surface area contributed by atoms with E-state index in [1.54, 1.807) is 0 Å². The number of hydrogen-bond acceptors (Lipinski definition) is 2. The second-order valence-electron chi connectivity index (χ2n) is 11.3. The van der Waals surface area contributed by atoms with Gasteiger partial charge >= 0.3 is 254 Å². The first kappa shape index (κ1) is 27.2. The molecule has 0 bridgehead atoms. The number of ketones is 1. The SMILES string of the molecule is O=C(c1ccccc1)[C@@]1(c2ccccc2)OP(c2ccccc2)(c2ccccc2)(c2ccccc2)C[C@H]1c1ccccc1. The van der Waals surface area contributed by atoms with E-state index < -0.39 is 12.4 Å². The van der Waals surface area contributed by atoms with Gasteiger partial charge in [0, 0.05) is 0 Å². The average molecular weight is 577 g/mol. The van der Waals surface area contributed by atoms with Crippen LogP contribution in [0.2, 0.25) is 0 Å². The molecule has 0 aliphatic carbocycles. The summed E-state index contributed by atoms with van der Waals surface area (Å²) in [6, 6.07) is 62.2. The molecule has 2 nitrogen and oxygen atoms in total. The van der Waals surface area contributed by atoms with Crippen molar-refractivity contribution in [1.82, 2.24) is 0 Å². The fourth-order valence-corrected chi connectivity index (χ4v) is 13.6. The van der Waals surface area contributed by atoms with E-state index in [4.69, 9.17) is 4.52 Å². The summed E-state index contributed by atoms with van der Waals surface area (Å²) in [5.74, 6) is -0.301. The third-order valence-electron chi connectivity index (χ3n) is 9.05. The molecule has 0 aromatic heterocycles. The Hall–Kier alpha value is -4.62. The van der Waals surface area contributed by atoms with Crippen LogP contribution in [0, 0.1) is 0 Å². The van der Waals surface area contributed by atoms with Gasteiger partial charge in [0.05, 0.1) is 0 Å². The van der Waals surface area contributed by atoms with Gasteiger partial charge < -0.3 is 0 Å². The molecule has 0 spiro atoms. The number of rotatable bonds is 7. The summed E-state index contributed by atoms with van der Waals surface area (Å²) in [7, 11) is 0. The van der Waals surface area contributed by atoms with Crippen molar-refractivity contribution in [3.8, 4) is 0 Å². The molecule has 210 valence electrons. The summed E-state index contributed by atoms with van der Waals surface area (Å²) in [5.41, 5.74) is 1.29. The molecule has 3 heteroatoms. The van der Waals surface area contributed by atoms with Crippen molar-refractivity contribution in [2.75, 3.05) is 6.16 Å². The van der Waals surface area contributed by atoms with Crippen LogP contribution in [0.5, 0.6) is 0 Å². The van der Waals surface area contributed by atoms with Gasteiger partial charge in [-0.1, -0.05) is 0 Å². The molecule has 0 radical (unpaired) electrons. The van der Waals surface area contributed by atoms with Crippen molar-refractivity contribution in [2.45, 2.75) is 11.5 Å². The Morgan fingerprint density at radius 1 is 0.512 bits per heavy atom. The Bertz CT molecular complexity index is 1730. The maximum absolute atomic E-state index is 15.4. The van der Waals surface area contributed by atoms with Crippen LogP contribution >= 0.6 is 6.83 Å². The summed E-state index contributed by atoms with van der Waals surface area (Å²) in [6.45, 7) is -3.83. The predicted octanol–water partition coefficient (Wildman–Crippen LogP) is 8.02. The van der Waals surface area contributed by atoms with Crippen molar-refractivity contribution >= 4 is 28.5 Å². The van der Waals surface area contributed by atoms with Crippen molar-refractivity contribution in [2.24, 2.45) is 0 Å². The minimum absolute atomic E-state index is 0.0255. The normalized spacial score (nSPS) is 21.3. The van der Waals surface area contributed by atoms with Crippen LogP contribution in [0.1, 0.15) is 27.4 Å². The summed E-state index contributed by atoms with van der Waals surface area (Å²) in [5, 5.41) is 3.35. The molecule has 6 aromatic rings. The first-order valence-corrected chi connectivity index (χ1v) is 17.1. The molecule has 1 fully saturated rings. The predicted molar refractivity (Wildman–Crippen MR) is 179 cm³/mol. The zero-order valence-electron chi connectivity index (χ0n) is 23.9. The van der Waals surface area contributed by atoms with Crippen LogP contribution in [0.15, 0.2) is 182 Å². The van der Waals surface area contributed by atoms with E-state index >= 15 is 4.79 Å². The summed E-state index contributed by atoms with van der Waals surface area (Å²) < 4.78 is 8.13. The van der Waals surface area contributed by atoms with Crippen molar-refractivity contribution in [1.29, 1.82) is 0 Å². The van der Waals surface area contributed by atoms with E-state index in [1.165, 1.54) is 0 Å². The topological polar surface area (TPSA) is 26.3 Å². The monoisotopic (exact) mass is 576 g/mol. The van der Waals surface area contributed by atoms with Crippen molar-refractivity contribution < 1.29 is 9.32 Å². The van der Waals surface area contributed by atoms with E-state index in [9.17, 15) is 0 Å². The van der Waals surface area contributed by atoms with E-state index in [1.807, 2.05) is 54.6 Å². The molecule has 0 N–H and O–H groups in total. The van der Waals surface area contributed by atoms with Crippen LogP contribution in [0.4, 0.5) is 0 Å². The average Bonchev–Trinajstić information content (AvgIpc) is 3.46. The number of benzene rings is 6. The molecule has 1 aliphatic rings. The molecule has 1 heterocycles. The Balaban J connectivity index is 1.67. The molecule has 43 heavy (non-hydrogen) atoms. The molecule has 0 saturated carbocycles. The summed E-state index contributed by atoms with van der Waals surface area (Å²) in [6.07, 6.45) is 0.640. The van der Waals surface area contributed by atoms with Gasteiger partial charge in [-0.25, -0.2) is 0 Å². The molecule has 2 atom stereocenters. The number of carbonyl (C=O) groups excluding carboxylic acids is 1. The van der Waals surface area contributed by atoms with Gasteiger partial charge in [0.1, 0.15) is 0 Å². The van der Waals surface area contributed by atoms with Crippen LogP contribution in [-0.2, 0) is 10.1 Å². The molecule has 7 rings (SSSR count). The van der Waals surface area contributed by atoms with E-state index in [-0.39, 0.29) is 11.7 Å². The van der Waals surface area contributed by atoms with Crippen LogP contribution in [-0.4, -0.2) is 11.9 Å². The Kier molecular flexibility index (Phi) is 6.90. The molecule has 1 saturated heterocycles.